The van der Waals surface area contributed by atoms with Gasteiger partial charge in [0.05, 0.1) is 0 Å². The van der Waals surface area contributed by atoms with Crippen LogP contribution >= 0.6 is 0 Å². The van der Waals surface area contributed by atoms with Gasteiger partial charge in [0.15, 0.2) is 0 Å². The molecule has 0 radical (unpaired) electrons. The molecule has 0 spiro atoms. The summed E-state index contributed by atoms with van der Waals surface area (Å²) in [6, 6.07) is 16.1. The Kier molecular flexibility index (Phi) is 15.8. The van der Waals surface area contributed by atoms with Gasteiger partial charge in [-0.05, 0) is 40.1 Å². The van der Waals surface area contributed by atoms with Crippen molar-refractivity contribution in [2.24, 2.45) is 11.5 Å². The van der Waals surface area contributed by atoms with Crippen molar-refractivity contribution >= 4 is 0 Å². The van der Waals surface area contributed by atoms with Crippen molar-refractivity contribution in [2.75, 3.05) is 14.1 Å². The van der Waals surface area contributed by atoms with Crippen LogP contribution in [0.3, 0.4) is 0 Å². The topological polar surface area (TPSA) is 64.9 Å². The molecule has 100 valence electrons. The van der Waals surface area contributed by atoms with Gasteiger partial charge < -0.3 is 11.5 Å². The lowest BCUT2D eigenvalue weighted by Gasteiger charge is -1.82. The molecule has 0 amide bonds. The molecule has 0 aliphatic carbocycles. The van der Waals surface area contributed by atoms with Gasteiger partial charge in [0.1, 0.15) is 0 Å². The fourth-order valence-corrected chi connectivity index (χ4v) is 0.983. The first-order valence-electron chi connectivity index (χ1n) is 5.84. The molecule has 0 saturated carbocycles. The first-order valence-corrected chi connectivity index (χ1v) is 5.84. The smallest absolute Gasteiger partial charge is 0.0372 e. The molecular weight excluding hydrogens is 222 g/mol. The van der Waals surface area contributed by atoms with Crippen molar-refractivity contribution in [3.05, 3.63) is 66.0 Å². The summed E-state index contributed by atoms with van der Waals surface area (Å²) in [7, 11) is 3.00. The zero-order chi connectivity index (χ0) is 14.2. The minimum atomic E-state index is 1.07. The maximum atomic E-state index is 4.50. The average Bonchev–Trinajstić information content (AvgIpc) is 2.46. The van der Waals surface area contributed by atoms with Crippen LogP contribution < -0.4 is 11.5 Å². The highest BCUT2D eigenvalue weighted by Gasteiger charge is 1.73. The number of nitrogens with two attached hydrogens (primary N) is 2. The predicted octanol–water partition coefficient (Wildman–Crippen LogP) is 2.53. The molecule has 0 fully saturated rings. The van der Waals surface area contributed by atoms with Gasteiger partial charge in [0, 0.05) is 11.9 Å². The Morgan fingerprint density at radius 2 is 1.22 bits per heavy atom. The van der Waals surface area contributed by atoms with Crippen LogP contribution in [0.25, 0.3) is 0 Å². The second-order valence-corrected chi connectivity index (χ2v) is 3.13. The van der Waals surface area contributed by atoms with E-state index < -0.39 is 0 Å². The number of aryl methyl sites for hydroxylation is 2. The summed E-state index contributed by atoms with van der Waals surface area (Å²) >= 11 is 0. The maximum Gasteiger partial charge on any atom is 0.0372 e. The lowest BCUT2D eigenvalue weighted by molar-refractivity contribution is 1.20. The molecule has 3 nitrogen and oxygen atoms in total. The highest BCUT2D eigenvalue weighted by atomic mass is 14.6. The Morgan fingerprint density at radius 3 is 1.44 bits per heavy atom. The van der Waals surface area contributed by atoms with Gasteiger partial charge in [-0.2, -0.15) is 0 Å². The second kappa shape index (κ2) is 15.3. The highest BCUT2D eigenvalue weighted by Crippen LogP contribution is 1.92. The van der Waals surface area contributed by atoms with Crippen molar-refractivity contribution in [3.8, 4) is 0 Å². The highest BCUT2D eigenvalue weighted by molar-refractivity contribution is 5.11. The average molecular weight is 247 g/mol. The summed E-state index contributed by atoms with van der Waals surface area (Å²) < 4.78 is 0. The Morgan fingerprint density at radius 1 is 0.722 bits per heavy atom. The minimum absolute atomic E-state index is 1.07. The fourth-order valence-electron chi connectivity index (χ4n) is 0.983. The van der Waals surface area contributed by atoms with Crippen LogP contribution in [0, 0.1) is 13.8 Å². The number of rotatable bonds is 0. The van der Waals surface area contributed by atoms with E-state index in [0.717, 1.165) is 5.69 Å². The number of benzene rings is 1. The number of nitrogens with zero attached hydrogens (tertiary/aromatic N) is 1. The van der Waals surface area contributed by atoms with E-state index >= 15 is 0 Å². The molecule has 0 atom stereocenters. The van der Waals surface area contributed by atoms with Crippen molar-refractivity contribution in [2.45, 2.75) is 13.8 Å². The zero-order valence-electron chi connectivity index (χ0n) is 11.8. The molecule has 1 aromatic heterocycles. The van der Waals surface area contributed by atoms with Gasteiger partial charge in [-0.3, -0.25) is 4.98 Å². The lowest BCUT2D eigenvalue weighted by atomic mass is 10.2. The molecule has 18 heavy (non-hydrogen) atoms. The van der Waals surface area contributed by atoms with E-state index in [4.69, 9.17) is 0 Å². The summed E-state index contributed by atoms with van der Waals surface area (Å²) in [5.41, 5.74) is 11.4. The van der Waals surface area contributed by atoms with E-state index in [1.807, 2.05) is 43.3 Å². The zero-order valence-corrected chi connectivity index (χ0v) is 11.8. The maximum absolute atomic E-state index is 4.50. The molecule has 4 N–H and O–H groups in total. The van der Waals surface area contributed by atoms with Crippen LogP contribution in [0.2, 0.25) is 0 Å². The van der Waals surface area contributed by atoms with E-state index in [1.165, 1.54) is 19.7 Å². The van der Waals surface area contributed by atoms with Crippen molar-refractivity contribution in [1.82, 2.24) is 4.98 Å². The number of hydrogen-bond acceptors (Lipinski definition) is 3. The molecule has 0 unspecified atom stereocenters. The predicted molar refractivity (Wildman–Crippen MR) is 80.4 cm³/mol. The minimum Gasteiger partial charge on any atom is -0.333 e. The third-order valence-corrected chi connectivity index (χ3v) is 1.75. The SMILES string of the molecule is CN.CN.Cc1ccccc1.Cc1ccccn1. The number of hydrogen-bond donors (Lipinski definition) is 2. The van der Waals surface area contributed by atoms with Crippen LogP contribution in [0.5, 0.6) is 0 Å². The summed E-state index contributed by atoms with van der Waals surface area (Å²) in [4.78, 5) is 3.98. The molecule has 0 bridgehead atoms. The first-order chi connectivity index (χ1) is 8.79. The molecule has 2 rings (SSSR count). The lowest BCUT2D eigenvalue weighted by Crippen LogP contribution is -1.72. The second-order valence-electron chi connectivity index (χ2n) is 3.13. The van der Waals surface area contributed by atoms with E-state index in [-0.39, 0.29) is 0 Å². The summed E-state index contributed by atoms with van der Waals surface area (Å²) in [5.74, 6) is 0. The van der Waals surface area contributed by atoms with Crippen LogP contribution in [-0.2, 0) is 0 Å². The largest absolute Gasteiger partial charge is 0.333 e. The molecule has 1 heterocycles. The molecule has 3 heteroatoms. The molecule has 0 aliphatic rings. The summed E-state index contributed by atoms with van der Waals surface area (Å²) in [5, 5.41) is 0. The van der Waals surface area contributed by atoms with Crippen LogP contribution in [0.15, 0.2) is 54.7 Å². The fraction of sp³-hybridized carbons (Fsp3) is 0.267. The Bertz CT molecular complexity index is 309. The van der Waals surface area contributed by atoms with Gasteiger partial charge in [-0.15, -0.1) is 0 Å². The Labute approximate surface area is 111 Å². The molecule has 2 aromatic rings. The normalized spacial score (nSPS) is 7.44. The number of pyridine rings is 1. The van der Waals surface area contributed by atoms with Crippen LogP contribution in [0.1, 0.15) is 11.3 Å². The van der Waals surface area contributed by atoms with Gasteiger partial charge in [0.2, 0.25) is 0 Å². The van der Waals surface area contributed by atoms with E-state index in [2.05, 4.69) is 35.5 Å². The van der Waals surface area contributed by atoms with Gasteiger partial charge >= 0.3 is 0 Å². The molecular formula is C15H25N3. The summed E-state index contributed by atoms with van der Waals surface area (Å²) in [6.45, 7) is 4.06. The first kappa shape index (κ1) is 18.6. The van der Waals surface area contributed by atoms with Crippen molar-refractivity contribution in [3.63, 3.8) is 0 Å². The number of aromatic nitrogens is 1. The van der Waals surface area contributed by atoms with E-state index in [9.17, 15) is 0 Å². The molecule has 0 aliphatic heterocycles. The molecule has 1 aromatic carbocycles. The third-order valence-electron chi connectivity index (χ3n) is 1.75. The van der Waals surface area contributed by atoms with Crippen molar-refractivity contribution < 1.29 is 0 Å². The quantitative estimate of drug-likeness (QED) is 0.752. The standard InChI is InChI=1S/C7H8.C6H7N.2CH5N/c1-7-5-3-2-4-6-7;1-6-4-2-3-5-7-6;2*1-2/h2-6H,1H3;2-5H,1H3;2*2H2,1H3. The van der Waals surface area contributed by atoms with Crippen molar-refractivity contribution in [1.29, 1.82) is 0 Å². The van der Waals surface area contributed by atoms with Crippen LogP contribution in [-0.4, -0.2) is 19.1 Å². The van der Waals surface area contributed by atoms with Gasteiger partial charge in [-0.1, -0.05) is 42.0 Å². The monoisotopic (exact) mass is 247 g/mol. The van der Waals surface area contributed by atoms with E-state index in [0.29, 0.717) is 0 Å². The Balaban J connectivity index is 0. The van der Waals surface area contributed by atoms with E-state index in [1.54, 1.807) is 6.20 Å². The van der Waals surface area contributed by atoms with Crippen LogP contribution in [0.4, 0.5) is 0 Å². The van der Waals surface area contributed by atoms with Gasteiger partial charge in [-0.25, -0.2) is 0 Å². The molecule has 0 saturated heterocycles. The third kappa shape index (κ3) is 12.4. The van der Waals surface area contributed by atoms with Gasteiger partial charge in [0.25, 0.3) is 0 Å². The summed E-state index contributed by atoms with van der Waals surface area (Å²) in [6.07, 6.45) is 1.79. The Hall–Kier alpha value is -1.71.